The predicted molar refractivity (Wildman–Crippen MR) is 188 cm³/mol. The lowest BCUT2D eigenvalue weighted by Gasteiger charge is -2.19. The molecule has 52 heavy (non-hydrogen) atoms. The number of unbranched alkanes of at least 4 members (excludes halogenated alkanes) is 1. The van der Waals surface area contributed by atoms with E-state index in [0.29, 0.717) is 35.6 Å². The van der Waals surface area contributed by atoms with E-state index in [0.717, 1.165) is 6.08 Å². The van der Waals surface area contributed by atoms with Crippen LogP contribution in [-0.4, -0.2) is 90.0 Å². The second-order valence-corrected chi connectivity index (χ2v) is 12.1. The molecule has 2 aromatic rings. The number of hydrogen-bond donors (Lipinski definition) is 4. The third-order valence-electron chi connectivity index (χ3n) is 7.82. The molecule has 1 saturated carbocycles. The molecule has 0 heterocycles. The molecule has 5 atom stereocenters. The Hall–Kier alpha value is -4.96. The maximum atomic E-state index is 12.4. The molecule has 282 valence electrons. The van der Waals surface area contributed by atoms with E-state index in [9.17, 15) is 39.8 Å². The van der Waals surface area contributed by atoms with Crippen molar-refractivity contribution in [3.8, 4) is 17.2 Å². The number of carbonyl (C=O) groups excluding carboxylic acids is 3. The van der Waals surface area contributed by atoms with Crippen LogP contribution in [0.3, 0.4) is 0 Å². The number of benzene rings is 2. The summed E-state index contributed by atoms with van der Waals surface area (Å²) in [5, 5.41) is 43.5. The van der Waals surface area contributed by atoms with Crippen molar-refractivity contribution < 1.29 is 58.6 Å². The van der Waals surface area contributed by atoms with Crippen molar-refractivity contribution in [2.24, 2.45) is 11.8 Å². The van der Waals surface area contributed by atoms with Crippen LogP contribution in [0.5, 0.6) is 17.2 Å². The quantitative estimate of drug-likeness (QED) is 0.0274. The molecule has 0 spiro atoms. The lowest BCUT2D eigenvalue weighted by atomic mass is 9.89. The number of hydrogen-bond acceptors (Lipinski definition) is 13. The zero-order chi connectivity index (χ0) is 37.9. The summed E-state index contributed by atoms with van der Waals surface area (Å²) in [7, 11) is 1.36. The Kier molecular flexibility index (Phi) is 17.6. The average Bonchev–Trinajstić information content (AvgIpc) is 3.38. The number of esters is 2. The Bertz CT molecular complexity index is 1580. The molecule has 3 rings (SSSR count). The first kappa shape index (κ1) is 41.5. The van der Waals surface area contributed by atoms with E-state index >= 15 is 0 Å². The molecule has 4 N–H and O–H groups in total. The first-order chi connectivity index (χ1) is 24.9. The van der Waals surface area contributed by atoms with Gasteiger partial charge in [0.05, 0.1) is 19.3 Å². The Labute approximate surface area is 305 Å². The molecule has 0 unspecified atom stereocenters. The number of nitrogens with one attached hydrogen (secondary N) is 1. The smallest absolute Gasteiger partial charge is 0.330 e. The highest BCUT2D eigenvalue weighted by atomic mass is 35.5. The van der Waals surface area contributed by atoms with E-state index in [-0.39, 0.29) is 61.8 Å². The summed E-state index contributed by atoms with van der Waals surface area (Å²) in [6.45, 7) is -1.06. The highest BCUT2D eigenvalue weighted by Crippen LogP contribution is 2.36. The van der Waals surface area contributed by atoms with Crippen molar-refractivity contribution >= 4 is 35.5 Å². The molecule has 0 saturated heterocycles. The minimum Gasteiger partial charge on any atom is -0.493 e. The van der Waals surface area contributed by atoms with Crippen LogP contribution in [-0.2, 0) is 24.0 Å². The first-order valence-electron chi connectivity index (χ1n) is 16.5. The molecule has 2 aromatic carbocycles. The number of aliphatic hydroxyl groups is 3. The van der Waals surface area contributed by atoms with Crippen molar-refractivity contribution in [2.45, 2.75) is 50.4 Å². The molecule has 1 amide bonds. The summed E-state index contributed by atoms with van der Waals surface area (Å²) in [6, 6.07) is 11.3. The van der Waals surface area contributed by atoms with Crippen LogP contribution in [0.25, 0.3) is 6.08 Å². The van der Waals surface area contributed by atoms with Crippen molar-refractivity contribution in [3.63, 3.8) is 0 Å². The zero-order valence-corrected chi connectivity index (χ0v) is 29.3. The molecule has 1 aliphatic rings. The van der Waals surface area contributed by atoms with Crippen molar-refractivity contribution in [1.29, 1.82) is 0 Å². The number of nitrogens with zero attached hydrogens (tertiary/aromatic N) is 1. The van der Waals surface area contributed by atoms with E-state index in [4.69, 9.17) is 30.5 Å². The fraction of sp³-hybridized carbons (Fsp3) is 0.417. The summed E-state index contributed by atoms with van der Waals surface area (Å²) in [6.07, 6.45) is 9.20. The maximum absolute atomic E-state index is 12.4. The van der Waals surface area contributed by atoms with Crippen LogP contribution >= 0.6 is 11.6 Å². The second kappa shape index (κ2) is 22.1. The third-order valence-corrected chi connectivity index (χ3v) is 8.05. The van der Waals surface area contributed by atoms with E-state index in [1.54, 1.807) is 42.5 Å². The van der Waals surface area contributed by atoms with Gasteiger partial charge in [-0.1, -0.05) is 48.0 Å². The van der Waals surface area contributed by atoms with Crippen molar-refractivity contribution in [2.75, 3.05) is 33.5 Å². The molecular weight excluding hydrogens is 704 g/mol. The molecule has 0 aromatic heterocycles. The minimum atomic E-state index is -0.993. The van der Waals surface area contributed by atoms with Gasteiger partial charge in [-0.25, -0.2) is 9.59 Å². The van der Waals surface area contributed by atoms with Crippen LogP contribution in [0.15, 0.2) is 72.8 Å². The van der Waals surface area contributed by atoms with Gasteiger partial charge >= 0.3 is 11.9 Å². The van der Waals surface area contributed by atoms with E-state index in [1.165, 1.54) is 25.3 Å². The summed E-state index contributed by atoms with van der Waals surface area (Å²) in [5.74, 6) is -1.59. The Morgan fingerprint density at radius 1 is 1.10 bits per heavy atom. The summed E-state index contributed by atoms with van der Waals surface area (Å²) in [4.78, 5) is 50.5. The van der Waals surface area contributed by atoms with Gasteiger partial charge in [0, 0.05) is 29.9 Å². The first-order valence-corrected chi connectivity index (χ1v) is 16.9. The molecule has 0 bridgehead atoms. The molecular formula is C36H43ClN2O13. The second-order valence-electron chi connectivity index (χ2n) is 11.7. The van der Waals surface area contributed by atoms with Gasteiger partial charge < -0.3 is 44.4 Å². The highest BCUT2D eigenvalue weighted by molar-refractivity contribution is 6.30. The predicted octanol–water partition coefficient (Wildman–Crippen LogP) is 3.61. The van der Waals surface area contributed by atoms with Gasteiger partial charge in [0.1, 0.15) is 38.2 Å². The van der Waals surface area contributed by atoms with Crippen LogP contribution in [0.2, 0.25) is 5.02 Å². The number of halogens is 1. The minimum absolute atomic E-state index is 0.00219. The largest absolute Gasteiger partial charge is 0.493 e. The fourth-order valence-electron chi connectivity index (χ4n) is 5.27. The molecule has 16 heteroatoms. The topological polar surface area (TPSA) is 213 Å². The summed E-state index contributed by atoms with van der Waals surface area (Å²) >= 11 is 5.95. The van der Waals surface area contributed by atoms with Crippen molar-refractivity contribution in [1.82, 2.24) is 5.32 Å². The monoisotopic (exact) mass is 746 g/mol. The van der Waals surface area contributed by atoms with E-state index in [2.05, 4.69) is 10.2 Å². The Morgan fingerprint density at radius 2 is 1.90 bits per heavy atom. The van der Waals surface area contributed by atoms with Gasteiger partial charge in [-0.05, 0) is 67.2 Å². The highest BCUT2D eigenvalue weighted by Gasteiger charge is 2.39. The summed E-state index contributed by atoms with van der Waals surface area (Å²) in [5.41, 5.74) is 0.512. The standard InChI is InChI=1S/C36H43ClN2O13/c1-48-33-19-24(12-16-35(44)49-17-18-51-39(46)47)11-15-32(33)52-36(45)22-38-34(43)10-5-3-2-4-9-28-29(31(42)21-30(28)41)14-13-26(40)23-50-27-8-6-7-25(37)20-27/h2,4,6-8,11-16,19-20,26,28-31,40-42H,3,5,9-10,17-18,21-23H2,1H3,(H,38,43)/b4-2-,14-13+,16-12+/t26-,28-,29-,30+,31-/m1/s1. The van der Waals surface area contributed by atoms with Gasteiger partial charge in [-0.15, -0.1) is 10.1 Å². The normalized spacial score (nSPS) is 19.1. The Morgan fingerprint density at radius 3 is 2.65 bits per heavy atom. The number of aliphatic hydroxyl groups excluding tert-OH is 3. The molecule has 0 aliphatic heterocycles. The van der Waals surface area contributed by atoms with E-state index < -0.39 is 41.9 Å². The van der Waals surface area contributed by atoms with Crippen LogP contribution < -0.4 is 19.5 Å². The van der Waals surface area contributed by atoms with Gasteiger partial charge in [-0.2, -0.15) is 0 Å². The SMILES string of the molecule is COc1cc(/C=C/C(=O)OCCO[N+](=O)[O-])ccc1OC(=O)CNC(=O)CCC/C=C\C[C@@H]1[C@@H](/C=C/[C@@H](O)COc2cccc(Cl)c2)[C@H](O)C[C@@H]1O. The zero-order valence-electron chi connectivity index (χ0n) is 28.5. The lowest BCUT2D eigenvalue weighted by molar-refractivity contribution is -0.757. The lowest BCUT2D eigenvalue weighted by Crippen LogP contribution is -2.31. The number of rotatable bonds is 21. The van der Waals surface area contributed by atoms with Crippen molar-refractivity contribution in [3.05, 3.63) is 93.5 Å². The molecule has 15 nitrogen and oxygen atoms in total. The fourth-order valence-corrected chi connectivity index (χ4v) is 5.45. The van der Waals surface area contributed by atoms with E-state index in [1.807, 2.05) is 12.2 Å². The van der Waals surface area contributed by atoms with Crippen LogP contribution in [0, 0.1) is 22.0 Å². The molecule has 1 fully saturated rings. The number of methoxy groups -OCH3 is 1. The summed E-state index contributed by atoms with van der Waals surface area (Å²) < 4.78 is 20.9. The maximum Gasteiger partial charge on any atom is 0.330 e. The number of carbonyl (C=O) groups is 3. The number of ether oxygens (including phenoxy) is 4. The van der Waals surface area contributed by atoms with Gasteiger partial charge in [0.15, 0.2) is 11.5 Å². The van der Waals surface area contributed by atoms with Gasteiger partial charge in [-0.3, -0.25) is 4.79 Å². The van der Waals surface area contributed by atoms with Crippen LogP contribution in [0.1, 0.15) is 37.7 Å². The number of allylic oxidation sites excluding steroid dienone is 2. The van der Waals surface area contributed by atoms with Crippen LogP contribution in [0.4, 0.5) is 0 Å². The molecule has 0 radical (unpaired) electrons. The van der Waals surface area contributed by atoms with Gasteiger partial charge in [0.2, 0.25) is 5.91 Å². The Balaban J connectivity index is 1.34. The number of amides is 1. The molecule has 1 aliphatic carbocycles. The average molecular weight is 747 g/mol. The van der Waals surface area contributed by atoms with Gasteiger partial charge in [0.25, 0.3) is 5.09 Å². The third kappa shape index (κ3) is 15.1.